The summed E-state index contributed by atoms with van der Waals surface area (Å²) in [5.41, 5.74) is 6.05. The Bertz CT molecular complexity index is 144. The van der Waals surface area contributed by atoms with Crippen LogP contribution in [0.1, 0.15) is 48.0 Å². The van der Waals surface area contributed by atoms with Crippen molar-refractivity contribution in [3.8, 4) is 0 Å². The van der Waals surface area contributed by atoms with Crippen molar-refractivity contribution >= 4 is 0 Å². The minimum Gasteiger partial charge on any atom is -0.512 e. The lowest BCUT2D eigenvalue weighted by Gasteiger charge is -1.91. The first-order chi connectivity index (χ1) is 6.59. The van der Waals surface area contributed by atoms with E-state index in [1.165, 1.54) is 6.42 Å². The SMILES string of the molecule is C/C(O)=C(C)/C=C/CN.CC.CCC. The Labute approximate surface area is 89.5 Å². The highest BCUT2D eigenvalue weighted by molar-refractivity contribution is 5.18. The molecule has 0 aliphatic rings. The van der Waals surface area contributed by atoms with E-state index >= 15 is 0 Å². The summed E-state index contributed by atoms with van der Waals surface area (Å²) < 4.78 is 0. The number of hydrogen-bond donors (Lipinski definition) is 2. The Morgan fingerprint density at radius 1 is 1.21 bits per heavy atom. The van der Waals surface area contributed by atoms with Crippen LogP contribution in [-0.2, 0) is 0 Å². The van der Waals surface area contributed by atoms with Gasteiger partial charge in [-0.25, -0.2) is 0 Å². The van der Waals surface area contributed by atoms with Crippen molar-refractivity contribution in [3.05, 3.63) is 23.5 Å². The fourth-order valence-electron chi connectivity index (χ4n) is 0.365. The first-order valence-electron chi connectivity index (χ1n) is 5.33. The molecule has 0 heterocycles. The second kappa shape index (κ2) is 18.1. The first-order valence-corrected chi connectivity index (χ1v) is 5.33. The lowest BCUT2D eigenvalue weighted by atomic mass is 10.2. The molecule has 0 amide bonds. The predicted molar refractivity (Wildman–Crippen MR) is 66.5 cm³/mol. The van der Waals surface area contributed by atoms with Gasteiger partial charge in [-0.3, -0.25) is 0 Å². The van der Waals surface area contributed by atoms with Gasteiger partial charge in [0.2, 0.25) is 0 Å². The van der Waals surface area contributed by atoms with Gasteiger partial charge < -0.3 is 10.8 Å². The molecular weight excluding hydrogens is 174 g/mol. The standard InChI is InChI=1S/C7H13NO.C3H8.C2H6/c1-6(7(2)9)4-3-5-8;1-3-2;1-2/h3-4,9H,5,8H2,1-2H3;3H2,1-2H3;1-2H3/b4-3+,7-6-;;. The van der Waals surface area contributed by atoms with Gasteiger partial charge in [-0.05, 0) is 19.4 Å². The second-order valence-corrected chi connectivity index (χ2v) is 2.61. The second-order valence-electron chi connectivity index (χ2n) is 2.61. The molecule has 0 aromatic carbocycles. The summed E-state index contributed by atoms with van der Waals surface area (Å²) in [6.07, 6.45) is 4.85. The van der Waals surface area contributed by atoms with Crippen molar-refractivity contribution in [3.63, 3.8) is 0 Å². The summed E-state index contributed by atoms with van der Waals surface area (Å²) in [7, 11) is 0. The third kappa shape index (κ3) is 22.5. The lowest BCUT2D eigenvalue weighted by molar-refractivity contribution is 0.409. The van der Waals surface area contributed by atoms with E-state index in [4.69, 9.17) is 10.8 Å². The third-order valence-electron chi connectivity index (χ3n) is 1.07. The molecule has 0 radical (unpaired) electrons. The van der Waals surface area contributed by atoms with E-state index < -0.39 is 0 Å². The van der Waals surface area contributed by atoms with Crippen molar-refractivity contribution in [1.29, 1.82) is 0 Å². The molecule has 0 aliphatic heterocycles. The van der Waals surface area contributed by atoms with Crippen molar-refractivity contribution in [2.45, 2.75) is 48.0 Å². The average molecular weight is 201 g/mol. The fraction of sp³-hybridized carbons (Fsp3) is 0.667. The highest BCUT2D eigenvalue weighted by atomic mass is 16.3. The van der Waals surface area contributed by atoms with Crippen molar-refractivity contribution < 1.29 is 5.11 Å². The largest absolute Gasteiger partial charge is 0.512 e. The van der Waals surface area contributed by atoms with Crippen LogP contribution in [0.5, 0.6) is 0 Å². The van der Waals surface area contributed by atoms with Gasteiger partial charge in [0.1, 0.15) is 0 Å². The summed E-state index contributed by atoms with van der Waals surface area (Å²) in [6, 6.07) is 0. The van der Waals surface area contributed by atoms with E-state index in [0.717, 1.165) is 5.57 Å². The highest BCUT2D eigenvalue weighted by Crippen LogP contribution is 1.99. The molecule has 0 atom stereocenters. The Morgan fingerprint density at radius 2 is 1.57 bits per heavy atom. The maximum atomic E-state index is 8.84. The van der Waals surface area contributed by atoms with Gasteiger partial charge in [0.25, 0.3) is 0 Å². The van der Waals surface area contributed by atoms with E-state index in [2.05, 4.69) is 13.8 Å². The number of aliphatic hydroxyl groups excluding tert-OH is 1. The molecule has 0 aromatic rings. The molecule has 0 rings (SSSR count). The van der Waals surface area contributed by atoms with Crippen LogP contribution in [-0.4, -0.2) is 11.7 Å². The third-order valence-corrected chi connectivity index (χ3v) is 1.07. The van der Waals surface area contributed by atoms with Gasteiger partial charge in [0, 0.05) is 6.54 Å². The Kier molecular flexibility index (Phi) is 24.5. The smallest absolute Gasteiger partial charge is 0.0920 e. The number of aliphatic hydroxyl groups is 1. The van der Waals surface area contributed by atoms with Crippen LogP contribution in [0.2, 0.25) is 0 Å². The summed E-state index contributed by atoms with van der Waals surface area (Å²) in [5, 5.41) is 8.84. The molecule has 0 spiro atoms. The minimum absolute atomic E-state index is 0.347. The van der Waals surface area contributed by atoms with Crippen LogP contribution in [0.4, 0.5) is 0 Å². The quantitative estimate of drug-likeness (QED) is 0.527. The number of hydrogen-bond acceptors (Lipinski definition) is 2. The molecule has 86 valence electrons. The van der Waals surface area contributed by atoms with Crippen molar-refractivity contribution in [2.24, 2.45) is 5.73 Å². The zero-order chi connectivity index (χ0) is 12.0. The van der Waals surface area contributed by atoms with E-state index in [-0.39, 0.29) is 0 Å². The van der Waals surface area contributed by atoms with Gasteiger partial charge >= 0.3 is 0 Å². The molecule has 2 nitrogen and oxygen atoms in total. The number of rotatable bonds is 2. The highest BCUT2D eigenvalue weighted by Gasteiger charge is 1.84. The Morgan fingerprint density at radius 3 is 1.79 bits per heavy atom. The number of nitrogens with two attached hydrogens (primary N) is 1. The van der Waals surface area contributed by atoms with Crippen LogP contribution >= 0.6 is 0 Å². The molecule has 0 aliphatic carbocycles. The first kappa shape index (κ1) is 18.9. The van der Waals surface area contributed by atoms with Crippen LogP contribution in [0.15, 0.2) is 23.5 Å². The van der Waals surface area contributed by atoms with Gasteiger partial charge in [-0.15, -0.1) is 0 Å². The van der Waals surface area contributed by atoms with E-state index in [0.29, 0.717) is 12.3 Å². The van der Waals surface area contributed by atoms with E-state index in [1.807, 2.05) is 20.8 Å². The molecule has 0 aromatic heterocycles. The van der Waals surface area contributed by atoms with Crippen molar-refractivity contribution in [2.75, 3.05) is 6.54 Å². The molecule has 0 fully saturated rings. The molecular formula is C12H27NO. The maximum Gasteiger partial charge on any atom is 0.0920 e. The number of allylic oxidation sites excluding steroid dienone is 3. The molecule has 0 unspecified atom stereocenters. The molecule has 3 N–H and O–H groups in total. The van der Waals surface area contributed by atoms with Crippen LogP contribution in [0.25, 0.3) is 0 Å². The minimum atomic E-state index is 0.347. The van der Waals surface area contributed by atoms with E-state index in [1.54, 1.807) is 19.1 Å². The zero-order valence-electron chi connectivity index (χ0n) is 10.6. The zero-order valence-corrected chi connectivity index (χ0v) is 10.6. The predicted octanol–water partition coefficient (Wildman–Crippen LogP) is 3.80. The van der Waals surface area contributed by atoms with Gasteiger partial charge in [-0.1, -0.05) is 46.3 Å². The average Bonchev–Trinajstić information content (AvgIpc) is 2.18. The maximum absolute atomic E-state index is 8.84. The molecule has 0 saturated heterocycles. The Balaban J connectivity index is -0.000000205. The topological polar surface area (TPSA) is 46.2 Å². The summed E-state index contributed by atoms with van der Waals surface area (Å²) in [4.78, 5) is 0. The Hall–Kier alpha value is -0.760. The van der Waals surface area contributed by atoms with Gasteiger partial charge in [0.05, 0.1) is 5.76 Å². The summed E-state index contributed by atoms with van der Waals surface area (Å²) in [6.45, 7) is 12.3. The van der Waals surface area contributed by atoms with Crippen LogP contribution in [0, 0.1) is 0 Å². The molecule has 14 heavy (non-hydrogen) atoms. The molecule has 0 saturated carbocycles. The lowest BCUT2D eigenvalue weighted by Crippen LogP contribution is -1.92. The monoisotopic (exact) mass is 201 g/mol. The normalized spacial score (nSPS) is 10.8. The summed E-state index contributed by atoms with van der Waals surface area (Å²) >= 11 is 0. The molecule has 0 bridgehead atoms. The molecule has 2 heteroatoms. The van der Waals surface area contributed by atoms with Gasteiger partial charge in [0.15, 0.2) is 0 Å². The van der Waals surface area contributed by atoms with Crippen molar-refractivity contribution in [1.82, 2.24) is 0 Å². The van der Waals surface area contributed by atoms with E-state index in [9.17, 15) is 0 Å². The van der Waals surface area contributed by atoms with Gasteiger partial charge in [-0.2, -0.15) is 0 Å². The summed E-state index contributed by atoms with van der Waals surface area (Å²) in [5.74, 6) is 0.347. The van der Waals surface area contributed by atoms with Crippen LogP contribution in [0.3, 0.4) is 0 Å². The fourth-order valence-corrected chi connectivity index (χ4v) is 0.365. The van der Waals surface area contributed by atoms with Crippen LogP contribution < -0.4 is 5.73 Å².